The molecular formula is C15H15N3O2. The fraction of sp³-hybridized carbons (Fsp3) is 0.400. The summed E-state index contributed by atoms with van der Waals surface area (Å²) in [4.78, 5) is 25.1. The molecule has 2 amide bonds. The van der Waals surface area contributed by atoms with Gasteiger partial charge in [0, 0.05) is 24.6 Å². The Labute approximate surface area is 116 Å². The molecule has 1 saturated carbocycles. The topological polar surface area (TPSA) is 61.8 Å². The summed E-state index contributed by atoms with van der Waals surface area (Å²) < 4.78 is 0. The number of nitrogens with one attached hydrogen (secondary N) is 1. The Morgan fingerprint density at radius 1 is 1.25 bits per heavy atom. The van der Waals surface area contributed by atoms with E-state index in [1.54, 1.807) is 11.9 Å². The van der Waals surface area contributed by atoms with Gasteiger partial charge in [-0.3, -0.25) is 9.59 Å². The van der Waals surface area contributed by atoms with Crippen LogP contribution in [0.15, 0.2) is 23.3 Å². The predicted octanol–water partition coefficient (Wildman–Crippen LogP) is 1.07. The number of amides is 2. The highest BCUT2D eigenvalue weighted by molar-refractivity contribution is 6.09. The van der Waals surface area contributed by atoms with Crippen LogP contribution in [0, 0.1) is 11.8 Å². The Balaban J connectivity index is 1.72. The lowest BCUT2D eigenvalue weighted by molar-refractivity contribution is -0.129. The van der Waals surface area contributed by atoms with E-state index in [-0.39, 0.29) is 23.7 Å². The molecule has 102 valence electrons. The molecule has 0 radical (unpaired) electrons. The highest BCUT2D eigenvalue weighted by Gasteiger charge is 2.43. The van der Waals surface area contributed by atoms with Crippen molar-refractivity contribution in [3.63, 3.8) is 0 Å². The quantitative estimate of drug-likeness (QED) is 0.829. The lowest BCUT2D eigenvalue weighted by Gasteiger charge is -2.38. The van der Waals surface area contributed by atoms with E-state index in [1.807, 2.05) is 18.2 Å². The van der Waals surface area contributed by atoms with Crippen LogP contribution in [-0.2, 0) is 16.0 Å². The van der Waals surface area contributed by atoms with Crippen LogP contribution in [-0.4, -0.2) is 24.6 Å². The summed E-state index contributed by atoms with van der Waals surface area (Å²) in [7, 11) is 1.80. The van der Waals surface area contributed by atoms with E-state index in [1.165, 1.54) is 0 Å². The van der Waals surface area contributed by atoms with Crippen molar-refractivity contribution < 1.29 is 9.59 Å². The number of anilines is 1. The molecule has 2 atom stereocenters. The van der Waals surface area contributed by atoms with Crippen molar-refractivity contribution in [2.75, 3.05) is 11.9 Å². The molecule has 0 spiro atoms. The molecule has 0 bridgehead atoms. The van der Waals surface area contributed by atoms with Gasteiger partial charge in [0.2, 0.25) is 11.8 Å². The number of hydrazone groups is 1. The van der Waals surface area contributed by atoms with Gasteiger partial charge < -0.3 is 4.90 Å². The number of benzene rings is 1. The van der Waals surface area contributed by atoms with Crippen molar-refractivity contribution in [2.24, 2.45) is 16.9 Å². The number of carbonyl (C=O) groups excluding carboxylic acids is 2. The minimum absolute atomic E-state index is 0.0427. The summed E-state index contributed by atoms with van der Waals surface area (Å²) in [5.41, 5.74) is 6.63. The SMILES string of the molecule is CN1C(=O)Cc2cc(C3=NNC(=O)C4CCC34)ccc21. The first-order valence-electron chi connectivity index (χ1n) is 6.92. The van der Waals surface area contributed by atoms with Crippen molar-refractivity contribution in [3.8, 4) is 0 Å². The molecule has 1 aromatic carbocycles. The van der Waals surface area contributed by atoms with Gasteiger partial charge >= 0.3 is 0 Å². The fourth-order valence-electron chi connectivity index (χ4n) is 3.33. The Kier molecular flexibility index (Phi) is 2.28. The van der Waals surface area contributed by atoms with E-state index in [2.05, 4.69) is 10.5 Å². The zero-order valence-electron chi connectivity index (χ0n) is 11.2. The van der Waals surface area contributed by atoms with E-state index in [0.29, 0.717) is 6.42 Å². The lowest BCUT2D eigenvalue weighted by atomic mass is 9.68. The van der Waals surface area contributed by atoms with Crippen molar-refractivity contribution >= 4 is 23.2 Å². The molecule has 1 N–H and O–H groups in total. The molecule has 0 aromatic heterocycles. The third kappa shape index (κ3) is 1.46. The number of likely N-dealkylation sites (N-methyl/N-ethyl adjacent to an activating group) is 1. The zero-order chi connectivity index (χ0) is 13.9. The van der Waals surface area contributed by atoms with E-state index < -0.39 is 0 Å². The van der Waals surface area contributed by atoms with Crippen molar-refractivity contribution in [1.82, 2.24) is 5.43 Å². The molecule has 3 aliphatic rings. The molecule has 1 aromatic rings. The van der Waals surface area contributed by atoms with Gasteiger partial charge in [-0.25, -0.2) is 5.43 Å². The fourth-order valence-corrected chi connectivity index (χ4v) is 3.33. The smallest absolute Gasteiger partial charge is 0.243 e. The van der Waals surface area contributed by atoms with Crippen molar-refractivity contribution in [3.05, 3.63) is 29.3 Å². The van der Waals surface area contributed by atoms with Gasteiger partial charge in [-0.2, -0.15) is 5.10 Å². The Morgan fingerprint density at radius 3 is 2.80 bits per heavy atom. The maximum atomic E-state index is 11.7. The van der Waals surface area contributed by atoms with Crippen LogP contribution in [0.25, 0.3) is 0 Å². The van der Waals surface area contributed by atoms with Gasteiger partial charge in [-0.15, -0.1) is 0 Å². The normalized spacial score (nSPS) is 27.4. The third-order valence-electron chi connectivity index (χ3n) is 4.70. The highest BCUT2D eigenvalue weighted by Crippen LogP contribution is 2.40. The second-order valence-corrected chi connectivity index (χ2v) is 5.74. The van der Waals surface area contributed by atoms with Crippen molar-refractivity contribution in [1.29, 1.82) is 0 Å². The van der Waals surface area contributed by atoms with E-state index in [0.717, 1.165) is 35.4 Å². The maximum Gasteiger partial charge on any atom is 0.243 e. The van der Waals surface area contributed by atoms with Gasteiger partial charge in [0.25, 0.3) is 0 Å². The minimum atomic E-state index is 0.0427. The molecule has 0 saturated heterocycles. The van der Waals surface area contributed by atoms with E-state index in [9.17, 15) is 9.59 Å². The summed E-state index contributed by atoms with van der Waals surface area (Å²) in [6.07, 6.45) is 2.42. The maximum absolute atomic E-state index is 11.7. The van der Waals surface area contributed by atoms with Crippen LogP contribution in [0.4, 0.5) is 5.69 Å². The largest absolute Gasteiger partial charge is 0.315 e. The van der Waals surface area contributed by atoms with E-state index >= 15 is 0 Å². The monoisotopic (exact) mass is 269 g/mol. The predicted molar refractivity (Wildman–Crippen MR) is 74.4 cm³/mol. The first-order valence-corrected chi connectivity index (χ1v) is 6.92. The van der Waals surface area contributed by atoms with Gasteiger partial charge in [-0.1, -0.05) is 6.07 Å². The number of carbonyl (C=O) groups is 2. The third-order valence-corrected chi connectivity index (χ3v) is 4.70. The van der Waals surface area contributed by atoms with E-state index in [4.69, 9.17) is 0 Å². The minimum Gasteiger partial charge on any atom is -0.315 e. The number of hydrogen-bond acceptors (Lipinski definition) is 3. The molecule has 2 unspecified atom stereocenters. The number of fused-ring (bicyclic) bond motifs is 2. The number of hydrogen-bond donors (Lipinski definition) is 1. The number of rotatable bonds is 1. The Hall–Kier alpha value is -2.17. The zero-order valence-corrected chi connectivity index (χ0v) is 11.2. The first-order chi connectivity index (χ1) is 9.65. The van der Waals surface area contributed by atoms with Crippen LogP contribution >= 0.6 is 0 Å². The molecule has 4 rings (SSSR count). The van der Waals surface area contributed by atoms with Gasteiger partial charge in [0.15, 0.2) is 0 Å². The summed E-state index contributed by atoms with van der Waals surface area (Å²) in [5, 5.41) is 4.25. The summed E-state index contributed by atoms with van der Waals surface area (Å²) in [5.74, 6) is 0.496. The summed E-state index contributed by atoms with van der Waals surface area (Å²) in [6, 6.07) is 6.02. The average Bonchev–Trinajstić information content (AvgIpc) is 2.67. The lowest BCUT2D eigenvalue weighted by Crippen LogP contribution is -2.47. The van der Waals surface area contributed by atoms with Crippen LogP contribution in [0.3, 0.4) is 0 Å². The summed E-state index contributed by atoms with van der Waals surface area (Å²) in [6.45, 7) is 0. The second-order valence-electron chi connectivity index (χ2n) is 5.74. The molecule has 1 fully saturated rings. The number of nitrogens with zero attached hydrogens (tertiary/aromatic N) is 2. The molecule has 2 aliphatic heterocycles. The Bertz CT molecular complexity index is 665. The van der Waals surface area contributed by atoms with Crippen molar-refractivity contribution in [2.45, 2.75) is 19.3 Å². The first kappa shape index (κ1) is 11.6. The van der Waals surface area contributed by atoms with Gasteiger partial charge in [-0.05, 0) is 36.1 Å². The average molecular weight is 269 g/mol. The standard InChI is InChI=1S/C15H15N3O2/c1-18-12-5-2-8(6-9(12)7-13(18)19)14-10-3-4-11(10)15(20)17-16-14/h2,5-6,10-11H,3-4,7H2,1H3,(H,17,20). The second kappa shape index (κ2) is 3.91. The molecule has 20 heavy (non-hydrogen) atoms. The Morgan fingerprint density at radius 2 is 2.05 bits per heavy atom. The molecule has 5 nitrogen and oxygen atoms in total. The molecule has 5 heteroatoms. The van der Waals surface area contributed by atoms with Crippen LogP contribution in [0.1, 0.15) is 24.0 Å². The van der Waals surface area contributed by atoms with Crippen LogP contribution in [0.5, 0.6) is 0 Å². The molecule has 1 aliphatic carbocycles. The van der Waals surface area contributed by atoms with Gasteiger partial charge in [0.05, 0.1) is 12.1 Å². The summed E-state index contributed by atoms with van der Waals surface area (Å²) >= 11 is 0. The highest BCUT2D eigenvalue weighted by atomic mass is 16.2. The molecule has 2 heterocycles. The molecular weight excluding hydrogens is 254 g/mol. The van der Waals surface area contributed by atoms with Crippen LogP contribution < -0.4 is 10.3 Å². The van der Waals surface area contributed by atoms with Gasteiger partial charge in [0.1, 0.15) is 0 Å². The van der Waals surface area contributed by atoms with Crippen LogP contribution in [0.2, 0.25) is 0 Å².